The molecule has 5 heteroatoms. The van der Waals surface area contributed by atoms with Gasteiger partial charge in [-0.2, -0.15) is 5.26 Å². The van der Waals surface area contributed by atoms with Gasteiger partial charge in [-0.15, -0.1) is 23.1 Å². The van der Waals surface area contributed by atoms with Gasteiger partial charge in [0.1, 0.15) is 11.1 Å². The molecule has 130 valence electrons. The largest absolute Gasteiger partial charge is 0.312 e. The highest BCUT2D eigenvalue weighted by molar-refractivity contribution is 7.99. The van der Waals surface area contributed by atoms with Gasteiger partial charge < -0.3 is 5.32 Å². The Bertz CT molecular complexity index is 833. The number of hydrogen-bond donors (Lipinski definition) is 1. The number of fused-ring (bicyclic) bond motifs is 1. The molecule has 0 saturated heterocycles. The van der Waals surface area contributed by atoms with Crippen LogP contribution < -0.4 is 5.32 Å². The molecule has 0 aliphatic heterocycles. The number of anilines is 1. The van der Waals surface area contributed by atoms with Crippen LogP contribution in [0.4, 0.5) is 5.00 Å². The number of hydrogen-bond acceptors (Lipinski definition) is 4. The van der Waals surface area contributed by atoms with Crippen LogP contribution in [0.1, 0.15) is 53.6 Å². The summed E-state index contributed by atoms with van der Waals surface area (Å²) in [6.45, 7) is 6.51. The smallest absolute Gasteiger partial charge is 0.256 e. The van der Waals surface area contributed by atoms with Gasteiger partial charge in [0.25, 0.3) is 5.91 Å². The number of nitrogens with one attached hydrogen (secondary N) is 1. The Kier molecular flexibility index (Phi) is 5.51. The fourth-order valence-corrected chi connectivity index (χ4v) is 5.37. The Morgan fingerprint density at radius 3 is 2.96 bits per heavy atom. The summed E-state index contributed by atoms with van der Waals surface area (Å²) in [6, 6.07) is 9.97. The SMILES string of the molecule is CC(C)Sc1cccc(C(=O)Nc2sc3c(c2C#N)CC[C@H](C)C3)c1. The summed E-state index contributed by atoms with van der Waals surface area (Å²) in [4.78, 5) is 15.0. The third-order valence-corrected chi connectivity index (χ3v) is 6.49. The second-order valence-corrected chi connectivity index (χ2v) is 9.57. The molecule has 0 bridgehead atoms. The maximum Gasteiger partial charge on any atom is 0.256 e. The number of amides is 1. The molecule has 0 saturated carbocycles. The second kappa shape index (κ2) is 7.63. The minimum atomic E-state index is -0.144. The highest BCUT2D eigenvalue weighted by atomic mass is 32.2. The predicted molar refractivity (Wildman–Crippen MR) is 106 cm³/mol. The topological polar surface area (TPSA) is 52.9 Å². The van der Waals surface area contributed by atoms with Crippen LogP contribution in [0.5, 0.6) is 0 Å². The molecule has 0 spiro atoms. The van der Waals surface area contributed by atoms with E-state index in [4.69, 9.17) is 0 Å². The summed E-state index contributed by atoms with van der Waals surface area (Å²) in [6.07, 6.45) is 3.05. The van der Waals surface area contributed by atoms with Crippen molar-refractivity contribution in [3.8, 4) is 6.07 Å². The fraction of sp³-hybridized carbons (Fsp3) is 0.400. The van der Waals surface area contributed by atoms with E-state index in [1.807, 2.05) is 24.3 Å². The number of nitriles is 1. The Morgan fingerprint density at radius 1 is 1.44 bits per heavy atom. The third kappa shape index (κ3) is 4.08. The van der Waals surface area contributed by atoms with Crippen molar-refractivity contribution in [1.82, 2.24) is 0 Å². The van der Waals surface area contributed by atoms with Gasteiger partial charge in [0.05, 0.1) is 5.56 Å². The molecule has 25 heavy (non-hydrogen) atoms. The molecule has 2 aromatic rings. The maximum absolute atomic E-state index is 12.7. The first-order valence-electron chi connectivity index (χ1n) is 8.60. The number of thioether (sulfide) groups is 1. The highest BCUT2D eigenvalue weighted by Crippen LogP contribution is 2.39. The van der Waals surface area contributed by atoms with Crippen molar-refractivity contribution >= 4 is 34.0 Å². The summed E-state index contributed by atoms with van der Waals surface area (Å²) >= 11 is 3.30. The van der Waals surface area contributed by atoms with Crippen molar-refractivity contribution in [3.63, 3.8) is 0 Å². The first kappa shape index (κ1) is 18.0. The fourth-order valence-electron chi connectivity index (χ4n) is 3.12. The molecule has 1 aromatic carbocycles. The normalized spacial score (nSPS) is 16.4. The Morgan fingerprint density at radius 2 is 2.24 bits per heavy atom. The summed E-state index contributed by atoms with van der Waals surface area (Å²) in [5.74, 6) is 0.500. The van der Waals surface area contributed by atoms with Crippen molar-refractivity contribution in [3.05, 3.63) is 45.8 Å². The summed E-state index contributed by atoms with van der Waals surface area (Å²) in [7, 11) is 0. The Hall–Kier alpha value is -1.77. The van der Waals surface area contributed by atoms with E-state index in [-0.39, 0.29) is 5.91 Å². The number of carbonyl (C=O) groups is 1. The van der Waals surface area contributed by atoms with Crippen LogP contribution in [0, 0.1) is 17.2 Å². The van der Waals surface area contributed by atoms with Gasteiger partial charge in [0, 0.05) is 20.6 Å². The van der Waals surface area contributed by atoms with Crippen LogP contribution >= 0.6 is 23.1 Å². The quantitative estimate of drug-likeness (QED) is 0.723. The second-order valence-electron chi connectivity index (χ2n) is 6.82. The molecule has 1 N–H and O–H groups in total. The van der Waals surface area contributed by atoms with E-state index >= 15 is 0 Å². The zero-order valence-corrected chi connectivity index (χ0v) is 16.4. The van der Waals surface area contributed by atoms with Crippen LogP contribution in [-0.4, -0.2) is 11.2 Å². The van der Waals surface area contributed by atoms with Crippen molar-refractivity contribution < 1.29 is 4.79 Å². The molecule has 1 aliphatic rings. The molecule has 1 aliphatic carbocycles. The zero-order chi connectivity index (χ0) is 18.0. The number of rotatable bonds is 4. The van der Waals surface area contributed by atoms with Crippen molar-refractivity contribution in [2.75, 3.05) is 5.32 Å². The van der Waals surface area contributed by atoms with Crippen LogP contribution in [0.25, 0.3) is 0 Å². The number of nitrogens with zero attached hydrogens (tertiary/aromatic N) is 1. The molecule has 1 atom stereocenters. The van der Waals surface area contributed by atoms with Gasteiger partial charge in [-0.25, -0.2) is 0 Å². The van der Waals surface area contributed by atoms with E-state index in [1.165, 1.54) is 4.88 Å². The van der Waals surface area contributed by atoms with E-state index in [0.717, 1.165) is 29.7 Å². The molecule has 1 heterocycles. The molecule has 1 amide bonds. The Labute approximate surface area is 157 Å². The lowest BCUT2D eigenvalue weighted by Gasteiger charge is -2.17. The number of carbonyl (C=O) groups excluding carboxylic acids is 1. The van der Waals surface area contributed by atoms with Crippen molar-refractivity contribution in [2.45, 2.75) is 50.2 Å². The molecule has 0 unspecified atom stereocenters. The average molecular weight is 371 g/mol. The summed E-state index contributed by atoms with van der Waals surface area (Å²) < 4.78 is 0. The lowest BCUT2D eigenvalue weighted by Crippen LogP contribution is -2.12. The van der Waals surface area contributed by atoms with Crippen LogP contribution in [0.2, 0.25) is 0 Å². The summed E-state index contributed by atoms with van der Waals surface area (Å²) in [5.41, 5.74) is 2.44. The first-order chi connectivity index (χ1) is 12.0. The number of thiophene rings is 1. The minimum absolute atomic E-state index is 0.144. The zero-order valence-electron chi connectivity index (χ0n) is 14.8. The molecular weight excluding hydrogens is 348 g/mol. The predicted octanol–water partition coefficient (Wildman–Crippen LogP) is 5.50. The van der Waals surface area contributed by atoms with Gasteiger partial charge in [-0.3, -0.25) is 4.79 Å². The maximum atomic E-state index is 12.7. The Balaban J connectivity index is 1.83. The van der Waals surface area contributed by atoms with Crippen LogP contribution in [0.15, 0.2) is 29.2 Å². The van der Waals surface area contributed by atoms with Crippen molar-refractivity contribution in [1.29, 1.82) is 5.26 Å². The van der Waals surface area contributed by atoms with E-state index in [1.54, 1.807) is 23.1 Å². The van der Waals surface area contributed by atoms with E-state index in [0.29, 0.717) is 27.3 Å². The summed E-state index contributed by atoms with van der Waals surface area (Å²) in [5, 5.41) is 13.7. The standard InChI is InChI=1S/C20H22N2OS2/c1-12(2)24-15-6-4-5-14(10-15)19(23)22-20-17(11-21)16-8-7-13(3)9-18(16)25-20/h4-6,10,12-13H,7-9H2,1-3H3,(H,22,23)/t13-/m0/s1. The molecule has 3 nitrogen and oxygen atoms in total. The van der Waals surface area contributed by atoms with Crippen molar-refractivity contribution in [2.24, 2.45) is 5.92 Å². The van der Waals surface area contributed by atoms with Gasteiger partial charge in [0.2, 0.25) is 0 Å². The minimum Gasteiger partial charge on any atom is -0.312 e. The van der Waals surface area contributed by atoms with E-state index < -0.39 is 0 Å². The van der Waals surface area contributed by atoms with Gasteiger partial charge in [-0.05, 0) is 48.9 Å². The number of benzene rings is 1. The first-order valence-corrected chi connectivity index (χ1v) is 10.3. The molecule has 0 fully saturated rings. The lowest BCUT2D eigenvalue weighted by molar-refractivity contribution is 0.102. The highest BCUT2D eigenvalue weighted by Gasteiger charge is 2.24. The van der Waals surface area contributed by atoms with E-state index in [2.05, 4.69) is 32.2 Å². The monoisotopic (exact) mass is 370 g/mol. The van der Waals surface area contributed by atoms with Gasteiger partial charge >= 0.3 is 0 Å². The van der Waals surface area contributed by atoms with Crippen LogP contribution in [-0.2, 0) is 12.8 Å². The molecular formula is C20H22N2OS2. The van der Waals surface area contributed by atoms with Gasteiger partial charge in [0.15, 0.2) is 0 Å². The average Bonchev–Trinajstić information content (AvgIpc) is 2.90. The third-order valence-electron chi connectivity index (χ3n) is 4.32. The molecule has 3 rings (SSSR count). The molecule has 1 aromatic heterocycles. The van der Waals surface area contributed by atoms with Crippen LogP contribution in [0.3, 0.4) is 0 Å². The van der Waals surface area contributed by atoms with E-state index in [9.17, 15) is 10.1 Å². The van der Waals surface area contributed by atoms with Gasteiger partial charge in [-0.1, -0.05) is 26.8 Å². The lowest BCUT2D eigenvalue weighted by atomic mass is 9.88. The molecule has 0 radical (unpaired) electrons.